The number of nitrogens with zero attached hydrogens (tertiary/aromatic N) is 4. The molecule has 2 heterocycles. The molecular weight excluding hydrogens is 729 g/mol. The van der Waals surface area contributed by atoms with Crippen LogP contribution in [0.5, 0.6) is 0 Å². The number of rotatable bonds is 5. The molecule has 0 N–H and O–H groups in total. The summed E-state index contributed by atoms with van der Waals surface area (Å²) in [6.45, 7) is 13.1. The molecular formula is C56H42N4. The average Bonchev–Trinajstić information content (AvgIpc) is 3.74. The Labute approximate surface area is 350 Å². The van der Waals surface area contributed by atoms with Crippen molar-refractivity contribution in [2.45, 2.75) is 41.5 Å². The molecule has 0 unspecified atom stereocenters. The van der Waals surface area contributed by atoms with Gasteiger partial charge in [0.05, 0.1) is 56.7 Å². The highest BCUT2D eigenvalue weighted by molar-refractivity contribution is 6.13. The fourth-order valence-electron chi connectivity index (χ4n) is 10.1. The van der Waals surface area contributed by atoms with Crippen LogP contribution in [-0.2, 0) is 0 Å². The van der Waals surface area contributed by atoms with Crippen LogP contribution >= 0.6 is 0 Å². The third kappa shape index (κ3) is 5.72. The largest absolute Gasteiger partial charge is 0.307 e. The minimum Gasteiger partial charge on any atom is -0.307 e. The molecule has 0 amide bonds. The monoisotopic (exact) mass is 770 g/mol. The van der Waals surface area contributed by atoms with E-state index in [9.17, 15) is 10.5 Å². The number of benzene rings is 8. The van der Waals surface area contributed by atoms with Gasteiger partial charge >= 0.3 is 0 Å². The quantitative estimate of drug-likeness (QED) is 0.175. The van der Waals surface area contributed by atoms with Gasteiger partial charge in [-0.15, -0.1) is 0 Å². The number of aromatic nitrogens is 2. The lowest BCUT2D eigenvalue weighted by Gasteiger charge is -2.20. The normalized spacial score (nSPS) is 11.5. The molecule has 8 aromatic carbocycles. The summed E-state index contributed by atoms with van der Waals surface area (Å²) in [7, 11) is 0. The third-order valence-electron chi connectivity index (χ3n) is 12.3. The van der Waals surface area contributed by atoms with Gasteiger partial charge in [-0.1, -0.05) is 108 Å². The smallest absolute Gasteiger partial charge is 0.0998 e. The topological polar surface area (TPSA) is 57.4 Å². The molecule has 0 spiro atoms. The van der Waals surface area contributed by atoms with Crippen LogP contribution in [0.2, 0.25) is 0 Å². The van der Waals surface area contributed by atoms with Crippen LogP contribution in [0.1, 0.15) is 44.5 Å². The zero-order valence-electron chi connectivity index (χ0n) is 34.6. The number of hydrogen-bond acceptors (Lipinski definition) is 2. The Morgan fingerprint density at radius 3 is 1.33 bits per heavy atom. The standard InChI is InChI=1S/C56H42N4/c1-33-22-35(3)55(36(4)23-33)41-18-20-46-44-14-7-9-16-49(44)59(51(46)27-41)53-29-43(32-58)48(40-13-11-12-39(26-40)31-57)30-54(53)60-50-17-10-8-15-45(50)47-21-19-42(28-52(47)60)56-37(5)24-34(2)25-38(56)6/h7-30H,1-6H3. The summed E-state index contributed by atoms with van der Waals surface area (Å²) >= 11 is 0. The number of fused-ring (bicyclic) bond motifs is 6. The Morgan fingerprint density at radius 2 is 0.850 bits per heavy atom. The second kappa shape index (κ2) is 14.0. The van der Waals surface area contributed by atoms with Gasteiger partial charge in [0, 0.05) is 27.1 Å². The molecule has 10 rings (SSSR count). The first-order valence-electron chi connectivity index (χ1n) is 20.5. The molecule has 0 radical (unpaired) electrons. The van der Waals surface area contributed by atoms with Gasteiger partial charge in [-0.3, -0.25) is 0 Å². The molecule has 0 aliphatic rings. The SMILES string of the molecule is Cc1cc(C)c(-c2ccc3c4ccccc4n(-c4cc(C#N)c(-c5cccc(C#N)c5)cc4-n4c5ccccc5c5ccc(-c6c(C)cc(C)cc6C)cc54)c3c2)c(C)c1. The van der Waals surface area contributed by atoms with Crippen LogP contribution in [0.3, 0.4) is 0 Å². The van der Waals surface area contributed by atoms with E-state index in [0.717, 1.165) is 77.2 Å². The Kier molecular flexibility index (Phi) is 8.57. The van der Waals surface area contributed by atoms with Crippen molar-refractivity contribution in [2.24, 2.45) is 0 Å². The van der Waals surface area contributed by atoms with Crippen molar-refractivity contribution < 1.29 is 0 Å². The summed E-state index contributed by atoms with van der Waals surface area (Å²) in [4.78, 5) is 0. The van der Waals surface area contributed by atoms with E-state index in [1.807, 2.05) is 24.3 Å². The van der Waals surface area contributed by atoms with Gasteiger partial charge in [-0.25, -0.2) is 0 Å². The molecule has 0 fully saturated rings. The molecule has 0 atom stereocenters. The highest BCUT2D eigenvalue weighted by Crippen LogP contribution is 2.43. The zero-order valence-corrected chi connectivity index (χ0v) is 34.6. The lowest BCUT2D eigenvalue weighted by atomic mass is 9.93. The number of aryl methyl sites for hydroxylation is 6. The first-order chi connectivity index (χ1) is 29.1. The zero-order chi connectivity index (χ0) is 41.4. The maximum Gasteiger partial charge on any atom is 0.0998 e. The summed E-state index contributed by atoms with van der Waals surface area (Å²) in [6, 6.07) is 56.6. The Hall–Kier alpha value is -7.66. The van der Waals surface area contributed by atoms with Crippen molar-refractivity contribution in [1.82, 2.24) is 9.13 Å². The van der Waals surface area contributed by atoms with E-state index in [1.165, 1.54) is 44.5 Å². The van der Waals surface area contributed by atoms with Gasteiger partial charge in [0.2, 0.25) is 0 Å². The summed E-state index contributed by atoms with van der Waals surface area (Å²) in [5, 5.41) is 25.5. The van der Waals surface area contributed by atoms with Crippen LogP contribution in [0.25, 0.3) is 88.4 Å². The van der Waals surface area contributed by atoms with Gasteiger partial charge in [0.25, 0.3) is 0 Å². The minimum atomic E-state index is 0.531. The third-order valence-corrected chi connectivity index (χ3v) is 12.3. The van der Waals surface area contributed by atoms with Crippen molar-refractivity contribution >= 4 is 43.6 Å². The molecule has 4 heteroatoms. The van der Waals surface area contributed by atoms with Crippen LogP contribution in [0, 0.1) is 64.2 Å². The van der Waals surface area contributed by atoms with Crippen molar-refractivity contribution in [3.8, 4) is 56.9 Å². The summed E-state index contributed by atoms with van der Waals surface area (Å²) in [5.74, 6) is 0. The van der Waals surface area contributed by atoms with Gasteiger partial charge in [0.1, 0.15) is 0 Å². The summed E-state index contributed by atoms with van der Waals surface area (Å²) in [5.41, 5.74) is 21.0. The van der Waals surface area contributed by atoms with E-state index in [0.29, 0.717) is 11.1 Å². The van der Waals surface area contributed by atoms with E-state index >= 15 is 0 Å². The second-order valence-corrected chi connectivity index (χ2v) is 16.4. The lowest BCUT2D eigenvalue weighted by molar-refractivity contribution is 1.09. The molecule has 60 heavy (non-hydrogen) atoms. The van der Waals surface area contributed by atoms with Crippen LogP contribution in [-0.4, -0.2) is 9.13 Å². The van der Waals surface area contributed by atoms with Crippen LogP contribution in [0.15, 0.2) is 146 Å². The van der Waals surface area contributed by atoms with E-state index < -0.39 is 0 Å². The lowest BCUT2D eigenvalue weighted by Crippen LogP contribution is -2.06. The fourth-order valence-corrected chi connectivity index (χ4v) is 10.1. The Balaban J connectivity index is 1.37. The predicted molar refractivity (Wildman–Crippen MR) is 249 cm³/mol. The first kappa shape index (κ1) is 36.7. The van der Waals surface area contributed by atoms with Crippen molar-refractivity contribution in [3.63, 3.8) is 0 Å². The highest BCUT2D eigenvalue weighted by Gasteiger charge is 2.24. The fraction of sp³-hybridized carbons (Fsp3) is 0.107. The molecule has 0 saturated carbocycles. The summed E-state index contributed by atoms with van der Waals surface area (Å²) in [6.07, 6.45) is 0. The minimum absolute atomic E-state index is 0.531. The van der Waals surface area contributed by atoms with Crippen molar-refractivity contribution in [3.05, 3.63) is 190 Å². The van der Waals surface area contributed by atoms with Crippen LogP contribution < -0.4 is 0 Å². The van der Waals surface area contributed by atoms with Crippen molar-refractivity contribution in [1.29, 1.82) is 10.5 Å². The van der Waals surface area contributed by atoms with Gasteiger partial charge in [-0.05, 0) is 140 Å². The Morgan fingerprint density at radius 1 is 0.383 bits per heavy atom. The first-order valence-corrected chi connectivity index (χ1v) is 20.5. The molecule has 10 aromatic rings. The number of para-hydroxylation sites is 2. The van der Waals surface area contributed by atoms with Gasteiger partial charge in [0.15, 0.2) is 0 Å². The molecule has 0 aliphatic heterocycles. The predicted octanol–water partition coefficient (Wildman–Crippen LogP) is 14.5. The molecule has 4 nitrogen and oxygen atoms in total. The molecule has 2 aromatic heterocycles. The van der Waals surface area contributed by atoms with E-state index in [-0.39, 0.29) is 0 Å². The van der Waals surface area contributed by atoms with E-state index in [4.69, 9.17) is 0 Å². The second-order valence-electron chi connectivity index (χ2n) is 16.4. The summed E-state index contributed by atoms with van der Waals surface area (Å²) < 4.78 is 4.75. The molecule has 0 bridgehead atoms. The van der Waals surface area contributed by atoms with Gasteiger partial charge in [-0.2, -0.15) is 10.5 Å². The Bertz CT molecular complexity index is 3480. The average molecular weight is 771 g/mol. The highest BCUT2D eigenvalue weighted by atomic mass is 15.1. The van der Waals surface area contributed by atoms with Gasteiger partial charge < -0.3 is 9.13 Å². The number of hydrogen-bond donors (Lipinski definition) is 0. The number of nitriles is 2. The molecule has 0 saturated heterocycles. The van der Waals surface area contributed by atoms with Crippen LogP contribution in [0.4, 0.5) is 0 Å². The molecule has 286 valence electrons. The maximum absolute atomic E-state index is 11.0. The molecule has 0 aliphatic carbocycles. The van der Waals surface area contributed by atoms with Crippen molar-refractivity contribution in [2.75, 3.05) is 0 Å². The van der Waals surface area contributed by atoms with E-state index in [1.54, 1.807) is 0 Å². The maximum atomic E-state index is 11.0. The van der Waals surface area contributed by atoms with E-state index in [2.05, 4.69) is 184 Å².